The highest BCUT2D eigenvalue weighted by Gasteiger charge is 2.09. The van der Waals surface area contributed by atoms with E-state index in [1.54, 1.807) is 0 Å². The van der Waals surface area contributed by atoms with Gasteiger partial charge in [0.25, 0.3) is 0 Å². The molecular formula is C17H25N3. The van der Waals surface area contributed by atoms with E-state index in [0.717, 1.165) is 24.3 Å². The topological polar surface area (TPSA) is 29.9 Å². The van der Waals surface area contributed by atoms with Crippen molar-refractivity contribution >= 4 is 0 Å². The van der Waals surface area contributed by atoms with E-state index in [1.807, 2.05) is 11.6 Å². The Balaban J connectivity index is 2.19. The largest absolute Gasteiger partial charge is 0.310 e. The summed E-state index contributed by atoms with van der Waals surface area (Å²) in [6.07, 6.45) is 2.28. The van der Waals surface area contributed by atoms with Gasteiger partial charge < -0.3 is 5.32 Å². The number of hydrogen-bond acceptors (Lipinski definition) is 2. The van der Waals surface area contributed by atoms with Crippen molar-refractivity contribution in [2.45, 2.75) is 46.6 Å². The van der Waals surface area contributed by atoms with Crippen LogP contribution in [-0.2, 0) is 0 Å². The summed E-state index contributed by atoms with van der Waals surface area (Å²) in [6.45, 7) is 9.61. The van der Waals surface area contributed by atoms with Crippen molar-refractivity contribution in [3.63, 3.8) is 0 Å². The van der Waals surface area contributed by atoms with Crippen LogP contribution in [-0.4, -0.2) is 16.3 Å². The molecule has 0 radical (unpaired) electrons. The molecule has 3 heteroatoms. The average molecular weight is 271 g/mol. The molecule has 0 saturated heterocycles. The van der Waals surface area contributed by atoms with Crippen molar-refractivity contribution in [1.82, 2.24) is 15.1 Å². The third-order valence-corrected chi connectivity index (χ3v) is 3.60. The number of nitrogens with zero attached hydrogens (tertiary/aromatic N) is 2. The molecule has 2 aromatic rings. The highest BCUT2D eigenvalue weighted by atomic mass is 15.3. The van der Waals surface area contributed by atoms with Gasteiger partial charge >= 0.3 is 0 Å². The second-order valence-corrected chi connectivity index (χ2v) is 5.35. The fourth-order valence-corrected chi connectivity index (χ4v) is 2.55. The van der Waals surface area contributed by atoms with Crippen LogP contribution < -0.4 is 5.32 Å². The first kappa shape index (κ1) is 14.8. The minimum atomic E-state index is 0.449. The first-order valence-electron chi connectivity index (χ1n) is 7.52. The van der Waals surface area contributed by atoms with Crippen LogP contribution in [0, 0.1) is 13.8 Å². The van der Waals surface area contributed by atoms with E-state index in [9.17, 15) is 0 Å². The summed E-state index contributed by atoms with van der Waals surface area (Å²) >= 11 is 0. The summed E-state index contributed by atoms with van der Waals surface area (Å²) in [5.41, 5.74) is 4.71. The van der Waals surface area contributed by atoms with Gasteiger partial charge in [-0.3, -0.25) is 0 Å². The molecule has 0 saturated carbocycles. The molecule has 0 aliphatic rings. The van der Waals surface area contributed by atoms with Crippen LogP contribution >= 0.6 is 0 Å². The minimum Gasteiger partial charge on any atom is -0.310 e. The molecule has 0 aliphatic carbocycles. The summed E-state index contributed by atoms with van der Waals surface area (Å²) < 4.78 is 2.00. The third kappa shape index (κ3) is 3.28. The van der Waals surface area contributed by atoms with Gasteiger partial charge in [0.15, 0.2) is 0 Å². The first-order chi connectivity index (χ1) is 9.65. The summed E-state index contributed by atoms with van der Waals surface area (Å²) in [7, 11) is 0. The smallest absolute Gasteiger partial charge is 0.0648 e. The molecule has 1 atom stereocenters. The lowest BCUT2D eigenvalue weighted by atomic mass is 10.0. The van der Waals surface area contributed by atoms with Gasteiger partial charge in [-0.15, -0.1) is 0 Å². The van der Waals surface area contributed by atoms with E-state index in [0.29, 0.717) is 6.04 Å². The van der Waals surface area contributed by atoms with Crippen LogP contribution in [0.1, 0.15) is 49.7 Å². The molecule has 1 N–H and O–H groups in total. The molecule has 1 aromatic heterocycles. The van der Waals surface area contributed by atoms with E-state index in [-0.39, 0.29) is 0 Å². The van der Waals surface area contributed by atoms with Gasteiger partial charge in [0.05, 0.1) is 11.4 Å². The first-order valence-corrected chi connectivity index (χ1v) is 7.52. The fourth-order valence-electron chi connectivity index (χ4n) is 2.55. The standard InChI is InChI=1S/C17H25N3/c1-5-11-18-17(6-2)15-7-9-16(10-8-15)20-14(4)12-13(3)19-20/h7-10,12,17-18H,5-6,11H2,1-4H3. The van der Waals surface area contributed by atoms with Crippen molar-refractivity contribution < 1.29 is 0 Å². The number of benzene rings is 1. The third-order valence-electron chi connectivity index (χ3n) is 3.60. The van der Waals surface area contributed by atoms with E-state index in [1.165, 1.54) is 17.7 Å². The Morgan fingerprint density at radius 2 is 1.85 bits per heavy atom. The van der Waals surface area contributed by atoms with Crippen molar-refractivity contribution in [1.29, 1.82) is 0 Å². The second-order valence-electron chi connectivity index (χ2n) is 5.35. The van der Waals surface area contributed by atoms with Gasteiger partial charge in [-0.25, -0.2) is 4.68 Å². The SMILES string of the molecule is CCCNC(CC)c1ccc(-n2nc(C)cc2C)cc1. The highest BCUT2D eigenvalue weighted by molar-refractivity contribution is 5.37. The van der Waals surface area contributed by atoms with Crippen LogP contribution in [0.15, 0.2) is 30.3 Å². The van der Waals surface area contributed by atoms with E-state index < -0.39 is 0 Å². The maximum Gasteiger partial charge on any atom is 0.0648 e. The lowest BCUT2D eigenvalue weighted by Gasteiger charge is -2.17. The molecule has 0 spiro atoms. The number of rotatable bonds is 6. The van der Waals surface area contributed by atoms with Gasteiger partial charge in [-0.1, -0.05) is 26.0 Å². The van der Waals surface area contributed by atoms with Gasteiger partial charge in [0, 0.05) is 11.7 Å². The van der Waals surface area contributed by atoms with Crippen LogP contribution in [0.2, 0.25) is 0 Å². The van der Waals surface area contributed by atoms with Gasteiger partial charge in [-0.2, -0.15) is 5.10 Å². The zero-order valence-electron chi connectivity index (χ0n) is 13.0. The molecule has 0 aliphatic heterocycles. The molecule has 1 heterocycles. The Morgan fingerprint density at radius 3 is 2.35 bits per heavy atom. The van der Waals surface area contributed by atoms with Crippen LogP contribution in [0.5, 0.6) is 0 Å². The Morgan fingerprint density at radius 1 is 1.15 bits per heavy atom. The predicted octanol–water partition coefficient (Wildman–Crippen LogP) is 3.94. The van der Waals surface area contributed by atoms with Crippen molar-refractivity contribution in [2.75, 3.05) is 6.54 Å². The number of aromatic nitrogens is 2. The number of nitrogens with one attached hydrogen (secondary N) is 1. The average Bonchev–Trinajstić information content (AvgIpc) is 2.79. The molecule has 20 heavy (non-hydrogen) atoms. The summed E-state index contributed by atoms with van der Waals surface area (Å²) in [5.74, 6) is 0. The van der Waals surface area contributed by atoms with Gasteiger partial charge in [0.1, 0.15) is 0 Å². The Bertz CT molecular complexity index is 540. The molecule has 1 unspecified atom stereocenters. The Labute approximate surface area is 122 Å². The van der Waals surface area contributed by atoms with Crippen molar-refractivity contribution in [3.8, 4) is 5.69 Å². The molecule has 3 nitrogen and oxygen atoms in total. The zero-order valence-corrected chi connectivity index (χ0v) is 13.0. The van der Waals surface area contributed by atoms with Gasteiger partial charge in [0.2, 0.25) is 0 Å². The van der Waals surface area contributed by atoms with Gasteiger partial charge in [-0.05, 0) is 57.0 Å². The minimum absolute atomic E-state index is 0.449. The normalized spacial score (nSPS) is 12.6. The van der Waals surface area contributed by atoms with E-state index in [4.69, 9.17) is 0 Å². The number of aryl methyl sites for hydroxylation is 2. The lowest BCUT2D eigenvalue weighted by Crippen LogP contribution is -2.21. The molecule has 2 rings (SSSR count). The molecule has 1 aromatic carbocycles. The van der Waals surface area contributed by atoms with Crippen molar-refractivity contribution in [2.24, 2.45) is 0 Å². The lowest BCUT2D eigenvalue weighted by molar-refractivity contribution is 0.518. The molecular weight excluding hydrogens is 246 g/mol. The molecule has 0 amide bonds. The van der Waals surface area contributed by atoms with E-state index >= 15 is 0 Å². The van der Waals surface area contributed by atoms with E-state index in [2.05, 4.69) is 61.5 Å². The van der Waals surface area contributed by atoms with Crippen LogP contribution in [0.25, 0.3) is 5.69 Å². The Hall–Kier alpha value is -1.61. The predicted molar refractivity (Wildman–Crippen MR) is 84.4 cm³/mol. The molecule has 0 bridgehead atoms. The quantitative estimate of drug-likeness (QED) is 0.862. The second kappa shape index (κ2) is 6.71. The van der Waals surface area contributed by atoms with Crippen molar-refractivity contribution in [3.05, 3.63) is 47.3 Å². The monoisotopic (exact) mass is 271 g/mol. The Kier molecular flexibility index (Phi) is 4.96. The fraction of sp³-hybridized carbons (Fsp3) is 0.471. The summed E-state index contributed by atoms with van der Waals surface area (Å²) in [5, 5.41) is 8.11. The molecule has 108 valence electrons. The van der Waals surface area contributed by atoms with Crippen LogP contribution in [0.4, 0.5) is 0 Å². The highest BCUT2D eigenvalue weighted by Crippen LogP contribution is 2.19. The summed E-state index contributed by atoms with van der Waals surface area (Å²) in [4.78, 5) is 0. The maximum atomic E-state index is 4.53. The van der Waals surface area contributed by atoms with Crippen LogP contribution in [0.3, 0.4) is 0 Å². The number of hydrogen-bond donors (Lipinski definition) is 1. The molecule has 0 fully saturated rings. The maximum absolute atomic E-state index is 4.53. The summed E-state index contributed by atoms with van der Waals surface area (Å²) in [6, 6.07) is 11.3. The zero-order chi connectivity index (χ0) is 14.5.